The van der Waals surface area contributed by atoms with Crippen LogP contribution in [-0.2, 0) is 4.74 Å². The van der Waals surface area contributed by atoms with Gasteiger partial charge in [-0.3, -0.25) is 0 Å². The quantitative estimate of drug-likeness (QED) is 0.812. The van der Waals surface area contributed by atoms with E-state index in [-0.39, 0.29) is 11.7 Å². The SMILES string of the molecule is CC1(C)CCC(CNc2ccccc2SC(F)F)O1. The monoisotopic (exact) mass is 287 g/mol. The molecule has 1 aliphatic rings. The highest BCUT2D eigenvalue weighted by molar-refractivity contribution is 7.99. The average molecular weight is 287 g/mol. The van der Waals surface area contributed by atoms with Crippen molar-refractivity contribution >= 4 is 17.4 Å². The van der Waals surface area contributed by atoms with E-state index in [1.54, 1.807) is 12.1 Å². The van der Waals surface area contributed by atoms with Crippen LogP contribution in [-0.4, -0.2) is 24.0 Å². The van der Waals surface area contributed by atoms with Gasteiger partial charge in [-0.25, -0.2) is 0 Å². The lowest BCUT2D eigenvalue weighted by Crippen LogP contribution is -2.24. The third-order valence-corrected chi connectivity index (χ3v) is 3.97. The molecule has 1 atom stereocenters. The van der Waals surface area contributed by atoms with Crippen LogP contribution in [0.15, 0.2) is 29.2 Å². The fourth-order valence-electron chi connectivity index (χ4n) is 2.26. The number of hydrogen-bond donors (Lipinski definition) is 1. The van der Waals surface area contributed by atoms with Crippen molar-refractivity contribution in [3.63, 3.8) is 0 Å². The van der Waals surface area contributed by atoms with Crippen LogP contribution in [0.4, 0.5) is 14.5 Å². The summed E-state index contributed by atoms with van der Waals surface area (Å²) in [6, 6.07) is 7.14. The van der Waals surface area contributed by atoms with E-state index in [0.29, 0.717) is 23.2 Å². The molecule has 0 aromatic heterocycles. The van der Waals surface area contributed by atoms with Gasteiger partial charge in [0.2, 0.25) is 0 Å². The Bertz CT molecular complexity index is 426. The normalized spacial score (nSPS) is 21.8. The molecule has 1 aromatic carbocycles. The summed E-state index contributed by atoms with van der Waals surface area (Å²) in [6.45, 7) is 4.81. The van der Waals surface area contributed by atoms with Gasteiger partial charge in [0.05, 0.1) is 11.7 Å². The molecule has 0 radical (unpaired) electrons. The Hall–Kier alpha value is -0.810. The van der Waals surface area contributed by atoms with Gasteiger partial charge < -0.3 is 10.1 Å². The maximum absolute atomic E-state index is 12.5. The maximum atomic E-state index is 12.5. The first kappa shape index (κ1) is 14.6. The first-order valence-electron chi connectivity index (χ1n) is 6.42. The molecular formula is C14H19F2NOS. The Labute approximate surface area is 116 Å². The van der Waals surface area contributed by atoms with Crippen molar-refractivity contribution < 1.29 is 13.5 Å². The molecule has 0 bridgehead atoms. The Morgan fingerprint density at radius 2 is 2.16 bits per heavy atom. The molecule has 2 nitrogen and oxygen atoms in total. The van der Waals surface area contributed by atoms with Gasteiger partial charge in [-0.15, -0.1) is 0 Å². The molecule has 19 heavy (non-hydrogen) atoms. The van der Waals surface area contributed by atoms with Crippen LogP contribution in [0.3, 0.4) is 0 Å². The molecule has 1 aliphatic heterocycles. The first-order chi connectivity index (χ1) is 8.96. The highest BCUT2D eigenvalue weighted by Gasteiger charge is 2.31. The summed E-state index contributed by atoms with van der Waals surface area (Å²) >= 11 is 0.571. The Kier molecular flexibility index (Phi) is 4.68. The summed E-state index contributed by atoms with van der Waals surface area (Å²) in [6.07, 6.45) is 2.19. The first-order valence-corrected chi connectivity index (χ1v) is 7.30. The second kappa shape index (κ2) is 6.09. The molecule has 1 saturated heterocycles. The van der Waals surface area contributed by atoms with E-state index < -0.39 is 5.76 Å². The van der Waals surface area contributed by atoms with Crippen LogP contribution in [0.5, 0.6) is 0 Å². The smallest absolute Gasteiger partial charge is 0.288 e. The van der Waals surface area contributed by atoms with Crippen molar-refractivity contribution in [2.45, 2.75) is 49.0 Å². The van der Waals surface area contributed by atoms with E-state index in [0.717, 1.165) is 18.5 Å². The molecule has 0 spiro atoms. The summed E-state index contributed by atoms with van der Waals surface area (Å²) in [4.78, 5) is 0.578. The van der Waals surface area contributed by atoms with Gasteiger partial charge in [0, 0.05) is 17.1 Å². The van der Waals surface area contributed by atoms with E-state index in [9.17, 15) is 8.78 Å². The van der Waals surface area contributed by atoms with Gasteiger partial charge in [0.25, 0.3) is 5.76 Å². The molecule has 5 heteroatoms. The maximum Gasteiger partial charge on any atom is 0.288 e. The molecule has 1 fully saturated rings. The lowest BCUT2D eigenvalue weighted by atomic mass is 10.1. The highest BCUT2D eigenvalue weighted by Crippen LogP contribution is 2.33. The lowest BCUT2D eigenvalue weighted by molar-refractivity contribution is -0.00912. The summed E-state index contributed by atoms with van der Waals surface area (Å²) in [5.41, 5.74) is 0.685. The number of hydrogen-bond acceptors (Lipinski definition) is 3. The van der Waals surface area contributed by atoms with E-state index in [1.165, 1.54) is 0 Å². The van der Waals surface area contributed by atoms with Crippen molar-refractivity contribution in [3.05, 3.63) is 24.3 Å². The van der Waals surface area contributed by atoms with E-state index in [4.69, 9.17) is 4.74 Å². The van der Waals surface area contributed by atoms with Gasteiger partial charge in [0.15, 0.2) is 0 Å². The van der Waals surface area contributed by atoms with Gasteiger partial charge >= 0.3 is 0 Å². The number of ether oxygens (including phenoxy) is 1. The minimum Gasteiger partial charge on any atom is -0.382 e. The number of para-hydroxylation sites is 1. The van der Waals surface area contributed by atoms with E-state index >= 15 is 0 Å². The fraction of sp³-hybridized carbons (Fsp3) is 0.571. The second-order valence-electron chi connectivity index (χ2n) is 5.29. The lowest BCUT2D eigenvalue weighted by Gasteiger charge is -2.20. The van der Waals surface area contributed by atoms with Crippen LogP contribution in [0.1, 0.15) is 26.7 Å². The van der Waals surface area contributed by atoms with Crippen molar-refractivity contribution in [2.24, 2.45) is 0 Å². The number of nitrogens with one attached hydrogen (secondary N) is 1. The van der Waals surface area contributed by atoms with E-state index in [2.05, 4.69) is 19.2 Å². The zero-order chi connectivity index (χ0) is 13.9. The molecule has 1 aromatic rings. The van der Waals surface area contributed by atoms with Crippen molar-refractivity contribution in [2.75, 3.05) is 11.9 Å². The number of rotatable bonds is 5. The molecule has 0 aliphatic carbocycles. The summed E-state index contributed by atoms with van der Waals surface area (Å²) in [5, 5.41) is 3.22. The molecule has 1 heterocycles. The largest absolute Gasteiger partial charge is 0.382 e. The van der Waals surface area contributed by atoms with Gasteiger partial charge in [-0.05, 0) is 38.8 Å². The minimum absolute atomic E-state index is 0.0659. The van der Waals surface area contributed by atoms with Gasteiger partial charge in [-0.1, -0.05) is 23.9 Å². The second-order valence-corrected chi connectivity index (χ2v) is 6.33. The summed E-state index contributed by atoms with van der Waals surface area (Å²) < 4.78 is 30.8. The number of benzene rings is 1. The highest BCUT2D eigenvalue weighted by atomic mass is 32.2. The van der Waals surface area contributed by atoms with Gasteiger partial charge in [0.1, 0.15) is 0 Å². The number of alkyl halides is 2. The van der Waals surface area contributed by atoms with E-state index in [1.807, 2.05) is 12.1 Å². The standard InChI is InChI=1S/C14H19F2NOS/c1-14(2)8-7-10(18-14)9-17-11-5-3-4-6-12(11)19-13(15)16/h3-6,10,13,17H,7-9H2,1-2H3. The molecule has 1 unspecified atom stereocenters. The predicted octanol–water partition coefficient (Wildman–Crippen LogP) is 4.37. The van der Waals surface area contributed by atoms with Crippen molar-refractivity contribution in [1.82, 2.24) is 0 Å². The summed E-state index contributed by atoms with van der Waals surface area (Å²) in [7, 11) is 0. The third kappa shape index (κ3) is 4.35. The van der Waals surface area contributed by atoms with Crippen LogP contribution in [0.25, 0.3) is 0 Å². The molecule has 2 rings (SSSR count). The average Bonchev–Trinajstić information content (AvgIpc) is 2.67. The third-order valence-electron chi connectivity index (χ3n) is 3.18. The van der Waals surface area contributed by atoms with Crippen LogP contribution in [0.2, 0.25) is 0 Å². The minimum atomic E-state index is -2.40. The molecular weight excluding hydrogens is 268 g/mol. The van der Waals surface area contributed by atoms with Crippen LogP contribution in [0, 0.1) is 0 Å². The Morgan fingerprint density at radius 3 is 2.79 bits per heavy atom. The number of halogens is 2. The molecule has 106 valence electrons. The van der Waals surface area contributed by atoms with Crippen LogP contribution < -0.4 is 5.32 Å². The Morgan fingerprint density at radius 1 is 1.42 bits per heavy atom. The molecule has 0 amide bonds. The zero-order valence-corrected chi connectivity index (χ0v) is 12.0. The number of thioether (sulfide) groups is 1. The molecule has 1 N–H and O–H groups in total. The summed E-state index contributed by atoms with van der Waals surface area (Å²) in [5.74, 6) is -2.40. The number of anilines is 1. The van der Waals surface area contributed by atoms with Gasteiger partial charge in [-0.2, -0.15) is 8.78 Å². The molecule has 0 saturated carbocycles. The predicted molar refractivity (Wildman–Crippen MR) is 75.0 cm³/mol. The van der Waals surface area contributed by atoms with Crippen molar-refractivity contribution in [3.8, 4) is 0 Å². The van der Waals surface area contributed by atoms with Crippen molar-refractivity contribution in [1.29, 1.82) is 0 Å². The topological polar surface area (TPSA) is 21.3 Å². The Balaban J connectivity index is 1.92. The van der Waals surface area contributed by atoms with Crippen LogP contribution >= 0.6 is 11.8 Å². The zero-order valence-electron chi connectivity index (χ0n) is 11.2. The fourth-order valence-corrected chi connectivity index (χ4v) is 2.87.